The summed E-state index contributed by atoms with van der Waals surface area (Å²) in [4.78, 5) is 19.6. The van der Waals surface area contributed by atoms with Gasteiger partial charge in [0.2, 0.25) is 5.89 Å². The van der Waals surface area contributed by atoms with Gasteiger partial charge in [-0.05, 0) is 67.3 Å². The minimum absolute atomic E-state index is 0.209. The molecule has 0 bridgehead atoms. The van der Waals surface area contributed by atoms with Crippen molar-refractivity contribution in [2.75, 3.05) is 18.5 Å². The number of likely N-dealkylation sites (tertiary alicyclic amines) is 1. The molecule has 0 unspecified atom stereocenters. The van der Waals surface area contributed by atoms with E-state index in [1.807, 2.05) is 49.4 Å². The number of para-hydroxylation sites is 2. The summed E-state index contributed by atoms with van der Waals surface area (Å²) in [6.45, 7) is 3.04. The zero-order valence-electron chi connectivity index (χ0n) is 18.3. The van der Waals surface area contributed by atoms with Crippen LogP contribution in [0.15, 0.2) is 71.1 Å². The molecule has 0 saturated carbocycles. The molecule has 7 heteroatoms. The van der Waals surface area contributed by atoms with E-state index in [4.69, 9.17) is 14.1 Å². The number of benzene rings is 3. The number of carbonyl (C=O) groups is 1. The number of carbonyl (C=O) groups excluding carboxylic acids is 1. The standard InChI is InChI=1S/C26H24FN3O3/c1-2-32-23-8-4-3-6-20(23)29-26(31)30-15-5-7-22(30)25-28-21-16-18(11-14-24(21)33-25)17-9-12-19(27)13-10-17/h3-4,6,8-14,16,22H,2,5,7,15H2,1H3,(H,29,31)/t22-/m1/s1. The number of nitrogens with zero attached hydrogens (tertiary/aromatic N) is 2. The molecule has 1 aliphatic rings. The fourth-order valence-corrected chi connectivity index (χ4v) is 4.21. The number of ether oxygens (including phenoxy) is 1. The first-order valence-corrected chi connectivity index (χ1v) is 11.1. The number of urea groups is 1. The van der Waals surface area contributed by atoms with E-state index in [1.165, 1.54) is 12.1 Å². The molecule has 1 aliphatic heterocycles. The van der Waals surface area contributed by atoms with E-state index in [-0.39, 0.29) is 17.9 Å². The minimum Gasteiger partial charge on any atom is -0.492 e. The van der Waals surface area contributed by atoms with Crippen LogP contribution in [0.1, 0.15) is 31.7 Å². The first-order valence-electron chi connectivity index (χ1n) is 11.1. The second-order valence-electron chi connectivity index (χ2n) is 7.95. The van der Waals surface area contributed by atoms with Gasteiger partial charge < -0.3 is 19.4 Å². The van der Waals surface area contributed by atoms with Gasteiger partial charge in [0.15, 0.2) is 5.58 Å². The van der Waals surface area contributed by atoms with E-state index in [9.17, 15) is 9.18 Å². The first-order chi connectivity index (χ1) is 16.1. The van der Waals surface area contributed by atoms with Crippen molar-refractivity contribution in [3.8, 4) is 16.9 Å². The number of fused-ring (bicyclic) bond motifs is 1. The lowest BCUT2D eigenvalue weighted by Crippen LogP contribution is -2.34. The minimum atomic E-state index is -0.271. The molecule has 6 nitrogen and oxygen atoms in total. The molecule has 1 aromatic heterocycles. The largest absolute Gasteiger partial charge is 0.492 e. The zero-order valence-corrected chi connectivity index (χ0v) is 18.3. The highest BCUT2D eigenvalue weighted by molar-refractivity contribution is 5.91. The number of aromatic nitrogens is 1. The fourth-order valence-electron chi connectivity index (χ4n) is 4.21. The Morgan fingerprint density at radius 1 is 1.15 bits per heavy atom. The zero-order chi connectivity index (χ0) is 22.8. The third-order valence-electron chi connectivity index (χ3n) is 5.81. The van der Waals surface area contributed by atoms with Crippen molar-refractivity contribution in [1.82, 2.24) is 9.88 Å². The summed E-state index contributed by atoms with van der Waals surface area (Å²) >= 11 is 0. The number of hydrogen-bond donors (Lipinski definition) is 1. The first kappa shape index (κ1) is 21.0. The molecule has 4 aromatic rings. The van der Waals surface area contributed by atoms with Crippen molar-refractivity contribution in [2.45, 2.75) is 25.8 Å². The normalized spacial score (nSPS) is 15.7. The number of halogens is 1. The summed E-state index contributed by atoms with van der Waals surface area (Å²) in [5, 5.41) is 2.97. The van der Waals surface area contributed by atoms with Crippen molar-refractivity contribution >= 4 is 22.8 Å². The van der Waals surface area contributed by atoms with E-state index in [2.05, 4.69) is 5.32 Å². The Morgan fingerprint density at radius 2 is 1.94 bits per heavy atom. The van der Waals surface area contributed by atoms with Crippen LogP contribution in [0.5, 0.6) is 5.75 Å². The number of anilines is 1. The Morgan fingerprint density at radius 3 is 2.76 bits per heavy atom. The molecular weight excluding hydrogens is 421 g/mol. The molecule has 1 fully saturated rings. The molecule has 0 spiro atoms. The molecule has 1 saturated heterocycles. The van der Waals surface area contributed by atoms with Gasteiger partial charge in [0.05, 0.1) is 12.3 Å². The Bertz CT molecular complexity index is 1290. The van der Waals surface area contributed by atoms with Crippen molar-refractivity contribution in [3.63, 3.8) is 0 Å². The van der Waals surface area contributed by atoms with Gasteiger partial charge in [0, 0.05) is 6.54 Å². The van der Waals surface area contributed by atoms with Gasteiger partial charge >= 0.3 is 6.03 Å². The van der Waals surface area contributed by atoms with E-state index >= 15 is 0 Å². The molecule has 168 valence electrons. The van der Waals surface area contributed by atoms with Gasteiger partial charge in [-0.25, -0.2) is 14.2 Å². The molecule has 2 heterocycles. The van der Waals surface area contributed by atoms with Crippen LogP contribution in [0.4, 0.5) is 14.9 Å². The molecular formula is C26H24FN3O3. The lowest BCUT2D eigenvalue weighted by atomic mass is 10.1. The molecule has 0 aliphatic carbocycles. The predicted molar refractivity (Wildman–Crippen MR) is 125 cm³/mol. The second kappa shape index (κ2) is 8.94. The molecule has 33 heavy (non-hydrogen) atoms. The summed E-state index contributed by atoms with van der Waals surface area (Å²) in [6, 6.07) is 19.0. The SMILES string of the molecule is CCOc1ccccc1NC(=O)N1CCC[C@@H]1c1nc2cc(-c3ccc(F)cc3)ccc2o1. The van der Waals surface area contributed by atoms with Crippen LogP contribution >= 0.6 is 0 Å². The third kappa shape index (κ3) is 4.26. The van der Waals surface area contributed by atoms with Crippen molar-refractivity contribution in [1.29, 1.82) is 0 Å². The Balaban J connectivity index is 1.38. The Kier molecular flexibility index (Phi) is 5.69. The van der Waals surface area contributed by atoms with Gasteiger partial charge in [0.1, 0.15) is 23.1 Å². The van der Waals surface area contributed by atoms with Gasteiger partial charge in [-0.2, -0.15) is 0 Å². The van der Waals surface area contributed by atoms with Crippen LogP contribution in [0.3, 0.4) is 0 Å². The van der Waals surface area contributed by atoms with Gasteiger partial charge in [0.25, 0.3) is 0 Å². The van der Waals surface area contributed by atoms with E-state index in [1.54, 1.807) is 17.0 Å². The highest BCUT2D eigenvalue weighted by Gasteiger charge is 2.34. The maximum absolute atomic E-state index is 13.3. The number of amides is 2. The van der Waals surface area contributed by atoms with Crippen LogP contribution in [-0.2, 0) is 0 Å². The summed E-state index contributed by atoms with van der Waals surface area (Å²) < 4.78 is 24.9. The summed E-state index contributed by atoms with van der Waals surface area (Å²) in [6.07, 6.45) is 1.64. The summed E-state index contributed by atoms with van der Waals surface area (Å²) in [5.41, 5.74) is 3.83. The Labute approximate surface area is 191 Å². The Hall–Kier alpha value is -3.87. The van der Waals surface area contributed by atoms with Crippen LogP contribution < -0.4 is 10.1 Å². The average Bonchev–Trinajstić information content (AvgIpc) is 3.47. The lowest BCUT2D eigenvalue weighted by Gasteiger charge is -2.23. The molecule has 1 N–H and O–H groups in total. The molecule has 1 atom stereocenters. The topological polar surface area (TPSA) is 67.6 Å². The highest BCUT2D eigenvalue weighted by atomic mass is 19.1. The van der Waals surface area contributed by atoms with Crippen LogP contribution in [0.25, 0.3) is 22.2 Å². The summed E-state index contributed by atoms with van der Waals surface area (Å²) in [5.74, 6) is 0.887. The molecule has 0 radical (unpaired) electrons. The van der Waals surface area contributed by atoms with Crippen molar-refractivity contribution < 1.29 is 18.3 Å². The second-order valence-corrected chi connectivity index (χ2v) is 7.95. The molecule has 5 rings (SSSR count). The van der Waals surface area contributed by atoms with Crippen LogP contribution in [-0.4, -0.2) is 29.1 Å². The predicted octanol–water partition coefficient (Wildman–Crippen LogP) is 6.40. The smallest absolute Gasteiger partial charge is 0.322 e. The summed E-state index contributed by atoms with van der Waals surface area (Å²) in [7, 11) is 0. The number of oxazole rings is 1. The van der Waals surface area contributed by atoms with Gasteiger partial charge in [-0.15, -0.1) is 0 Å². The highest BCUT2D eigenvalue weighted by Crippen LogP contribution is 2.35. The quantitative estimate of drug-likeness (QED) is 0.386. The molecule has 3 aromatic carbocycles. The van der Waals surface area contributed by atoms with Crippen LogP contribution in [0.2, 0.25) is 0 Å². The van der Waals surface area contributed by atoms with E-state index < -0.39 is 0 Å². The fraction of sp³-hybridized carbons (Fsp3) is 0.231. The van der Waals surface area contributed by atoms with Gasteiger partial charge in [-0.1, -0.05) is 30.3 Å². The van der Waals surface area contributed by atoms with Crippen molar-refractivity contribution in [3.05, 3.63) is 78.4 Å². The monoisotopic (exact) mass is 445 g/mol. The average molecular weight is 445 g/mol. The van der Waals surface area contributed by atoms with E-state index in [0.717, 1.165) is 24.0 Å². The third-order valence-corrected chi connectivity index (χ3v) is 5.81. The van der Waals surface area contributed by atoms with Crippen LogP contribution in [0, 0.1) is 5.82 Å². The van der Waals surface area contributed by atoms with Crippen molar-refractivity contribution in [2.24, 2.45) is 0 Å². The number of nitrogens with one attached hydrogen (secondary N) is 1. The molecule has 2 amide bonds. The maximum Gasteiger partial charge on any atom is 0.322 e. The van der Waals surface area contributed by atoms with Gasteiger partial charge in [-0.3, -0.25) is 0 Å². The van der Waals surface area contributed by atoms with E-state index in [0.29, 0.717) is 41.6 Å². The number of rotatable bonds is 5. The maximum atomic E-state index is 13.3. The number of hydrogen-bond acceptors (Lipinski definition) is 4. The lowest BCUT2D eigenvalue weighted by molar-refractivity contribution is 0.198.